The summed E-state index contributed by atoms with van der Waals surface area (Å²) < 4.78 is 45.2. The minimum Gasteiger partial charge on any atom is -0.486 e. The van der Waals surface area contributed by atoms with Crippen molar-refractivity contribution in [3.8, 4) is 17.2 Å². The van der Waals surface area contributed by atoms with Gasteiger partial charge in [0.25, 0.3) is 5.91 Å². The summed E-state index contributed by atoms with van der Waals surface area (Å²) in [5.41, 5.74) is 1.09. The molecule has 3 unspecified atom stereocenters. The van der Waals surface area contributed by atoms with Gasteiger partial charge in [0.2, 0.25) is 15.9 Å². The minimum absolute atomic E-state index is 0.0749. The fourth-order valence-corrected chi connectivity index (χ4v) is 7.01. The Labute approximate surface area is 222 Å². The fourth-order valence-electron chi connectivity index (χ4n) is 5.31. The Balaban J connectivity index is 1.33. The third kappa shape index (κ3) is 5.30. The van der Waals surface area contributed by atoms with Gasteiger partial charge < -0.3 is 19.5 Å². The van der Waals surface area contributed by atoms with E-state index in [2.05, 4.69) is 5.32 Å². The molecule has 10 nitrogen and oxygen atoms in total. The number of sulfonamides is 1. The van der Waals surface area contributed by atoms with Crippen LogP contribution >= 0.6 is 0 Å². The van der Waals surface area contributed by atoms with Crippen LogP contribution in [0.4, 0.5) is 5.69 Å². The van der Waals surface area contributed by atoms with Gasteiger partial charge in [-0.15, -0.1) is 0 Å². The van der Waals surface area contributed by atoms with Gasteiger partial charge in [0.1, 0.15) is 25.5 Å². The van der Waals surface area contributed by atoms with Gasteiger partial charge in [-0.2, -0.15) is 4.31 Å². The summed E-state index contributed by atoms with van der Waals surface area (Å²) in [4.78, 5) is 27.2. The van der Waals surface area contributed by atoms with E-state index in [0.29, 0.717) is 43.6 Å². The van der Waals surface area contributed by atoms with Gasteiger partial charge in [0.05, 0.1) is 16.6 Å². The summed E-state index contributed by atoms with van der Waals surface area (Å²) in [5, 5.41) is 2.91. The second-order valence-electron chi connectivity index (χ2n) is 10.4. The Morgan fingerprint density at radius 1 is 1.00 bits per heavy atom. The van der Waals surface area contributed by atoms with Crippen LogP contribution in [0.2, 0.25) is 0 Å². The normalized spacial score (nSPS) is 22.3. The maximum atomic E-state index is 13.5. The molecule has 0 saturated carbocycles. The lowest BCUT2D eigenvalue weighted by molar-refractivity contribution is -0.125. The minimum atomic E-state index is -3.78. The van der Waals surface area contributed by atoms with E-state index in [0.717, 1.165) is 12.0 Å². The average molecular weight is 544 g/mol. The molecule has 0 radical (unpaired) electrons. The van der Waals surface area contributed by atoms with E-state index in [1.807, 2.05) is 32.9 Å². The summed E-state index contributed by atoms with van der Waals surface area (Å²) in [6, 6.07) is 9.61. The largest absolute Gasteiger partial charge is 0.486 e. The first kappa shape index (κ1) is 26.3. The van der Waals surface area contributed by atoms with Crippen molar-refractivity contribution in [3.63, 3.8) is 0 Å². The summed E-state index contributed by atoms with van der Waals surface area (Å²) in [7, 11) is -3.78. The van der Waals surface area contributed by atoms with Crippen molar-refractivity contribution in [3.05, 3.63) is 42.0 Å². The predicted octanol–water partition coefficient (Wildman–Crippen LogP) is 2.73. The molecule has 2 aromatic carbocycles. The molecule has 0 spiro atoms. The average Bonchev–Trinajstić information content (AvgIpc) is 2.89. The zero-order valence-electron chi connectivity index (χ0n) is 21.8. The SMILES string of the molecule is CC1CC(C)CN(S(=O)(=O)c2ccc3c(c2)N(CC(=O)NC(C)c2ccc4c(c2)OCCO4)C(=O)CO3)C1. The van der Waals surface area contributed by atoms with Crippen LogP contribution in [0.25, 0.3) is 0 Å². The number of amides is 2. The molecule has 3 heterocycles. The Hall–Kier alpha value is -3.31. The number of rotatable bonds is 6. The molecule has 0 aromatic heterocycles. The van der Waals surface area contributed by atoms with Crippen LogP contribution in [0.15, 0.2) is 41.3 Å². The number of fused-ring (bicyclic) bond motifs is 2. The van der Waals surface area contributed by atoms with Crippen LogP contribution in [0, 0.1) is 11.8 Å². The monoisotopic (exact) mass is 543 g/mol. The summed E-state index contributed by atoms with van der Waals surface area (Å²) in [5.74, 6) is 1.35. The number of ether oxygens (including phenoxy) is 3. The molecule has 38 heavy (non-hydrogen) atoms. The lowest BCUT2D eigenvalue weighted by Crippen LogP contribution is -2.46. The molecule has 0 bridgehead atoms. The first-order valence-electron chi connectivity index (χ1n) is 12.9. The molecular formula is C27H33N3O7S. The molecule has 2 amide bonds. The number of nitrogens with one attached hydrogen (secondary N) is 1. The van der Waals surface area contributed by atoms with Crippen molar-refractivity contribution in [2.45, 2.75) is 38.1 Å². The van der Waals surface area contributed by atoms with Crippen molar-refractivity contribution in [1.82, 2.24) is 9.62 Å². The molecule has 11 heteroatoms. The summed E-state index contributed by atoms with van der Waals surface area (Å²) in [6.07, 6.45) is 0.978. The quantitative estimate of drug-likeness (QED) is 0.596. The number of anilines is 1. The molecule has 5 rings (SSSR count). The number of carbonyl (C=O) groups is 2. The van der Waals surface area contributed by atoms with Gasteiger partial charge in [0, 0.05) is 13.1 Å². The van der Waals surface area contributed by atoms with E-state index in [-0.39, 0.29) is 47.5 Å². The molecule has 3 aliphatic rings. The van der Waals surface area contributed by atoms with Crippen LogP contribution in [-0.4, -0.2) is 64.0 Å². The number of piperidine rings is 1. The Kier molecular flexibility index (Phi) is 7.23. The maximum Gasteiger partial charge on any atom is 0.265 e. The van der Waals surface area contributed by atoms with Gasteiger partial charge in [-0.25, -0.2) is 8.42 Å². The molecule has 0 aliphatic carbocycles. The number of hydrogen-bond acceptors (Lipinski definition) is 7. The molecule has 1 saturated heterocycles. The lowest BCUT2D eigenvalue weighted by atomic mass is 9.94. The Morgan fingerprint density at radius 3 is 2.42 bits per heavy atom. The molecule has 2 aromatic rings. The summed E-state index contributed by atoms with van der Waals surface area (Å²) >= 11 is 0. The highest BCUT2D eigenvalue weighted by Gasteiger charge is 2.34. The Bertz CT molecular complexity index is 1340. The Morgan fingerprint density at radius 2 is 1.68 bits per heavy atom. The smallest absolute Gasteiger partial charge is 0.265 e. The first-order valence-corrected chi connectivity index (χ1v) is 14.3. The predicted molar refractivity (Wildman–Crippen MR) is 140 cm³/mol. The van der Waals surface area contributed by atoms with E-state index < -0.39 is 15.9 Å². The highest BCUT2D eigenvalue weighted by molar-refractivity contribution is 7.89. The van der Waals surface area contributed by atoms with Gasteiger partial charge in [-0.05, 0) is 61.1 Å². The van der Waals surface area contributed by atoms with E-state index in [1.54, 1.807) is 12.1 Å². The number of benzene rings is 2. The van der Waals surface area contributed by atoms with Gasteiger partial charge in [-0.1, -0.05) is 19.9 Å². The molecule has 1 N–H and O–H groups in total. The first-order chi connectivity index (χ1) is 18.1. The molecular weight excluding hydrogens is 510 g/mol. The van der Waals surface area contributed by atoms with Crippen molar-refractivity contribution in [2.24, 2.45) is 11.8 Å². The molecule has 3 atom stereocenters. The van der Waals surface area contributed by atoms with Crippen molar-refractivity contribution >= 4 is 27.5 Å². The highest BCUT2D eigenvalue weighted by atomic mass is 32.2. The van der Waals surface area contributed by atoms with Gasteiger partial charge in [-0.3, -0.25) is 14.5 Å². The fraction of sp³-hybridized carbons (Fsp3) is 0.481. The van der Waals surface area contributed by atoms with Crippen LogP contribution < -0.4 is 24.4 Å². The number of carbonyl (C=O) groups excluding carboxylic acids is 2. The second kappa shape index (κ2) is 10.5. The topological polar surface area (TPSA) is 114 Å². The zero-order chi connectivity index (χ0) is 27.0. The standard InChI is InChI=1S/C27H33N3O7S/c1-17-10-18(2)14-29(13-17)38(33,34)21-5-7-23-22(12-21)30(27(32)16-37-23)15-26(31)28-19(3)20-4-6-24-25(11-20)36-9-8-35-24/h4-7,11-12,17-19H,8-10,13-16H2,1-3H3,(H,28,31). The second-order valence-corrected chi connectivity index (χ2v) is 12.3. The molecule has 204 valence electrons. The van der Waals surface area contributed by atoms with Crippen molar-refractivity contribution in [2.75, 3.05) is 44.4 Å². The number of hydrogen-bond donors (Lipinski definition) is 1. The zero-order valence-corrected chi connectivity index (χ0v) is 22.6. The van der Waals surface area contributed by atoms with Crippen molar-refractivity contribution in [1.29, 1.82) is 0 Å². The van der Waals surface area contributed by atoms with Crippen LogP contribution in [0.3, 0.4) is 0 Å². The highest BCUT2D eigenvalue weighted by Crippen LogP contribution is 2.36. The van der Waals surface area contributed by atoms with Crippen molar-refractivity contribution < 1.29 is 32.2 Å². The third-order valence-electron chi connectivity index (χ3n) is 7.09. The van der Waals surface area contributed by atoms with Crippen LogP contribution in [-0.2, 0) is 19.6 Å². The number of nitrogens with zero attached hydrogens (tertiary/aromatic N) is 2. The van der Waals surface area contributed by atoms with Gasteiger partial charge in [0.15, 0.2) is 18.1 Å². The van der Waals surface area contributed by atoms with E-state index >= 15 is 0 Å². The van der Waals surface area contributed by atoms with E-state index in [1.165, 1.54) is 21.3 Å². The summed E-state index contributed by atoms with van der Waals surface area (Å²) in [6.45, 7) is 7.27. The van der Waals surface area contributed by atoms with E-state index in [4.69, 9.17) is 14.2 Å². The van der Waals surface area contributed by atoms with Gasteiger partial charge >= 0.3 is 0 Å². The van der Waals surface area contributed by atoms with Crippen LogP contribution in [0.5, 0.6) is 17.2 Å². The molecule has 1 fully saturated rings. The lowest BCUT2D eigenvalue weighted by Gasteiger charge is -2.34. The molecule has 3 aliphatic heterocycles. The van der Waals surface area contributed by atoms with Crippen LogP contribution in [0.1, 0.15) is 38.8 Å². The third-order valence-corrected chi connectivity index (χ3v) is 8.92. The van der Waals surface area contributed by atoms with E-state index in [9.17, 15) is 18.0 Å². The maximum absolute atomic E-state index is 13.5.